The number of pyridine rings is 1. The first kappa shape index (κ1) is 17.2. The van der Waals surface area contributed by atoms with Crippen LogP contribution in [0.4, 0.5) is 11.5 Å². The smallest absolute Gasteiger partial charge is 0.267 e. The van der Waals surface area contributed by atoms with Crippen molar-refractivity contribution in [3.8, 4) is 0 Å². The van der Waals surface area contributed by atoms with Gasteiger partial charge in [-0.05, 0) is 30.3 Å². The van der Waals surface area contributed by atoms with Crippen LogP contribution in [0.5, 0.6) is 0 Å². The van der Waals surface area contributed by atoms with Crippen molar-refractivity contribution in [3.63, 3.8) is 0 Å². The molecule has 0 saturated carbocycles. The van der Waals surface area contributed by atoms with Crippen molar-refractivity contribution in [1.29, 1.82) is 0 Å². The number of nitrogens with zero attached hydrogens (tertiary/aromatic N) is 3. The number of carbonyl (C=O) groups is 2. The molecule has 3 aromatic rings. The molecule has 7 heteroatoms. The molecule has 140 valence electrons. The van der Waals surface area contributed by atoms with Crippen LogP contribution in [-0.4, -0.2) is 43.0 Å². The molecule has 2 amide bonds. The lowest BCUT2D eigenvalue weighted by Gasteiger charge is -2.32. The molecule has 1 saturated heterocycles. The molecule has 5 rings (SSSR count). The van der Waals surface area contributed by atoms with Crippen LogP contribution in [-0.2, 0) is 0 Å². The summed E-state index contributed by atoms with van der Waals surface area (Å²) in [4.78, 5) is 34.0. The lowest BCUT2D eigenvalue weighted by molar-refractivity contribution is 0.0892. The molecule has 2 aliphatic heterocycles. The van der Waals surface area contributed by atoms with Crippen molar-refractivity contribution in [1.82, 2.24) is 10.3 Å². The number of piperazine rings is 1. The minimum atomic E-state index is -0.365. The van der Waals surface area contributed by atoms with Gasteiger partial charge in [0.05, 0.1) is 5.02 Å². The molecule has 0 unspecified atom stereocenters. The van der Waals surface area contributed by atoms with Crippen LogP contribution >= 0.6 is 11.6 Å². The fourth-order valence-electron chi connectivity index (χ4n) is 3.97. The quantitative estimate of drug-likeness (QED) is 0.679. The molecule has 0 atom stereocenters. The highest BCUT2D eigenvalue weighted by Gasteiger charge is 2.35. The number of nitrogens with one attached hydrogen (secondary N) is 1. The first-order valence-electron chi connectivity index (χ1n) is 9.17. The first-order valence-corrected chi connectivity index (χ1v) is 9.55. The number of amides is 2. The van der Waals surface area contributed by atoms with Gasteiger partial charge in [-0.3, -0.25) is 9.59 Å². The van der Waals surface area contributed by atoms with Gasteiger partial charge in [-0.2, -0.15) is 0 Å². The van der Waals surface area contributed by atoms with Crippen molar-refractivity contribution >= 4 is 45.7 Å². The predicted molar refractivity (Wildman–Crippen MR) is 109 cm³/mol. The van der Waals surface area contributed by atoms with Crippen molar-refractivity contribution in [3.05, 3.63) is 64.8 Å². The monoisotopic (exact) mass is 392 g/mol. The Bertz CT molecular complexity index is 1090. The van der Waals surface area contributed by atoms with Gasteiger partial charge in [-0.25, -0.2) is 9.88 Å². The van der Waals surface area contributed by atoms with Gasteiger partial charge in [0.2, 0.25) is 0 Å². The van der Waals surface area contributed by atoms with E-state index < -0.39 is 0 Å². The Morgan fingerprint density at radius 1 is 0.929 bits per heavy atom. The summed E-state index contributed by atoms with van der Waals surface area (Å²) in [6.45, 7) is 3.61. The van der Waals surface area contributed by atoms with Crippen LogP contribution < -0.4 is 15.1 Å². The highest BCUT2D eigenvalue weighted by Crippen LogP contribution is 2.37. The summed E-state index contributed by atoms with van der Waals surface area (Å²) < 4.78 is 0. The first-order chi connectivity index (χ1) is 13.6. The molecular weight excluding hydrogens is 376 g/mol. The lowest BCUT2D eigenvalue weighted by Crippen LogP contribution is -2.44. The van der Waals surface area contributed by atoms with Crippen LogP contribution in [0.25, 0.3) is 10.8 Å². The summed E-state index contributed by atoms with van der Waals surface area (Å²) in [7, 11) is 0. The predicted octanol–water partition coefficient (Wildman–Crippen LogP) is 3.10. The third-order valence-electron chi connectivity index (χ3n) is 5.28. The molecule has 28 heavy (non-hydrogen) atoms. The standard InChI is InChI=1S/C21H17ClN4O2/c22-13-4-7-18(24-12-13)26-20(27)15-3-1-2-14-17(25-10-8-23-9-11-25)6-5-16(19(14)15)21(26)28/h1-7,12,23H,8-11H2. The van der Waals surface area contributed by atoms with Crippen LogP contribution in [0.1, 0.15) is 20.7 Å². The topological polar surface area (TPSA) is 65.5 Å². The van der Waals surface area contributed by atoms with E-state index in [2.05, 4.69) is 15.2 Å². The summed E-state index contributed by atoms with van der Waals surface area (Å²) in [5.74, 6) is -0.459. The zero-order valence-electron chi connectivity index (χ0n) is 15.0. The zero-order chi connectivity index (χ0) is 19.3. The molecule has 2 aromatic carbocycles. The summed E-state index contributed by atoms with van der Waals surface area (Å²) in [6, 6.07) is 12.6. The molecule has 1 fully saturated rings. The second-order valence-corrected chi connectivity index (χ2v) is 7.31. The second kappa shape index (κ2) is 6.58. The van der Waals surface area contributed by atoms with E-state index in [1.165, 1.54) is 6.20 Å². The average molecular weight is 393 g/mol. The molecule has 3 heterocycles. The molecule has 0 spiro atoms. The summed E-state index contributed by atoms with van der Waals surface area (Å²) in [5, 5.41) is 5.45. The van der Waals surface area contributed by atoms with E-state index in [4.69, 9.17) is 11.6 Å². The molecule has 1 aromatic heterocycles. The van der Waals surface area contributed by atoms with E-state index in [-0.39, 0.29) is 17.6 Å². The van der Waals surface area contributed by atoms with Gasteiger partial charge < -0.3 is 10.2 Å². The maximum absolute atomic E-state index is 13.2. The van der Waals surface area contributed by atoms with E-state index in [9.17, 15) is 9.59 Å². The van der Waals surface area contributed by atoms with Crippen LogP contribution in [0, 0.1) is 0 Å². The Hall–Kier alpha value is -2.96. The van der Waals surface area contributed by atoms with Crippen LogP contribution in [0.2, 0.25) is 5.02 Å². The van der Waals surface area contributed by atoms with Gasteiger partial charge in [-0.1, -0.05) is 23.7 Å². The number of imide groups is 1. The number of benzene rings is 2. The average Bonchev–Trinajstić information content (AvgIpc) is 2.73. The fraction of sp³-hybridized carbons (Fsp3) is 0.190. The van der Waals surface area contributed by atoms with E-state index in [0.29, 0.717) is 16.1 Å². The Kier molecular flexibility index (Phi) is 4.03. The number of carbonyl (C=O) groups excluding carboxylic acids is 2. The van der Waals surface area contributed by atoms with E-state index in [1.807, 2.05) is 24.3 Å². The minimum Gasteiger partial charge on any atom is -0.368 e. The Labute approximate surface area is 166 Å². The molecular formula is C21H17ClN4O2. The van der Waals surface area contributed by atoms with Gasteiger partial charge >= 0.3 is 0 Å². The highest BCUT2D eigenvalue weighted by atomic mass is 35.5. The van der Waals surface area contributed by atoms with Gasteiger partial charge in [0.25, 0.3) is 11.8 Å². The minimum absolute atomic E-state index is 0.272. The molecule has 0 radical (unpaired) electrons. The van der Waals surface area contributed by atoms with E-state index >= 15 is 0 Å². The van der Waals surface area contributed by atoms with Crippen molar-refractivity contribution in [2.24, 2.45) is 0 Å². The maximum atomic E-state index is 13.2. The molecule has 0 aliphatic carbocycles. The number of anilines is 2. The highest BCUT2D eigenvalue weighted by molar-refractivity contribution is 6.36. The molecule has 2 aliphatic rings. The number of hydrogen-bond donors (Lipinski definition) is 1. The summed E-state index contributed by atoms with van der Waals surface area (Å²) in [5.41, 5.74) is 2.09. The van der Waals surface area contributed by atoms with Crippen molar-refractivity contribution < 1.29 is 9.59 Å². The van der Waals surface area contributed by atoms with E-state index in [1.54, 1.807) is 18.2 Å². The molecule has 0 bridgehead atoms. The second-order valence-electron chi connectivity index (χ2n) is 6.88. The molecule has 1 N–H and O–H groups in total. The normalized spacial score (nSPS) is 16.8. The zero-order valence-corrected chi connectivity index (χ0v) is 15.7. The van der Waals surface area contributed by atoms with Gasteiger partial charge in [0, 0.05) is 60.0 Å². The summed E-state index contributed by atoms with van der Waals surface area (Å²) >= 11 is 5.90. The Morgan fingerprint density at radius 3 is 2.39 bits per heavy atom. The maximum Gasteiger partial charge on any atom is 0.267 e. The van der Waals surface area contributed by atoms with Crippen molar-refractivity contribution in [2.45, 2.75) is 0 Å². The van der Waals surface area contributed by atoms with Crippen LogP contribution in [0.3, 0.4) is 0 Å². The Balaban J connectivity index is 1.68. The Morgan fingerprint density at radius 2 is 1.68 bits per heavy atom. The van der Waals surface area contributed by atoms with Gasteiger partial charge in [-0.15, -0.1) is 0 Å². The third-order valence-corrected chi connectivity index (χ3v) is 5.51. The third kappa shape index (κ3) is 2.57. The summed E-state index contributed by atoms with van der Waals surface area (Å²) in [6.07, 6.45) is 1.43. The number of hydrogen-bond acceptors (Lipinski definition) is 5. The largest absolute Gasteiger partial charge is 0.368 e. The van der Waals surface area contributed by atoms with Crippen LogP contribution in [0.15, 0.2) is 48.7 Å². The number of aromatic nitrogens is 1. The molecule has 6 nitrogen and oxygen atoms in total. The fourth-order valence-corrected chi connectivity index (χ4v) is 4.08. The number of halogens is 1. The van der Waals surface area contributed by atoms with Gasteiger partial charge in [0.1, 0.15) is 5.82 Å². The van der Waals surface area contributed by atoms with Crippen molar-refractivity contribution in [2.75, 3.05) is 36.0 Å². The van der Waals surface area contributed by atoms with E-state index in [0.717, 1.165) is 47.5 Å². The number of rotatable bonds is 2. The van der Waals surface area contributed by atoms with Gasteiger partial charge in [0.15, 0.2) is 0 Å². The lowest BCUT2D eigenvalue weighted by atomic mass is 9.92. The SMILES string of the molecule is O=C1c2cccc3c(N4CCNCC4)ccc(c23)C(=O)N1c1ccc(Cl)cn1.